The average Bonchev–Trinajstić information content (AvgIpc) is 2.78. The lowest BCUT2D eigenvalue weighted by Crippen LogP contribution is -2.38. The molecule has 0 aliphatic heterocycles. The molecule has 3 aromatic rings. The summed E-state index contributed by atoms with van der Waals surface area (Å²) >= 11 is 0. The monoisotopic (exact) mass is 454 g/mol. The minimum atomic E-state index is -3.98. The zero-order valence-corrected chi connectivity index (χ0v) is 19.0. The van der Waals surface area contributed by atoms with E-state index < -0.39 is 22.5 Å². The first-order valence-corrected chi connectivity index (χ1v) is 11.5. The van der Waals surface area contributed by atoms with Crippen molar-refractivity contribution < 1.29 is 22.7 Å². The number of carbonyl (C=O) groups excluding carboxylic acids is 1. The van der Waals surface area contributed by atoms with Gasteiger partial charge in [0.15, 0.2) is 0 Å². The average molecular weight is 455 g/mol. The van der Waals surface area contributed by atoms with Crippen LogP contribution in [0.3, 0.4) is 0 Å². The van der Waals surface area contributed by atoms with E-state index in [1.54, 1.807) is 66.7 Å². The van der Waals surface area contributed by atoms with E-state index in [0.717, 1.165) is 4.31 Å². The number of nitrogens with one attached hydrogen (secondary N) is 1. The van der Waals surface area contributed by atoms with Crippen LogP contribution in [0.4, 0.5) is 11.4 Å². The van der Waals surface area contributed by atoms with Crippen molar-refractivity contribution in [3.8, 4) is 11.5 Å². The second-order valence-electron chi connectivity index (χ2n) is 7.27. The van der Waals surface area contributed by atoms with Crippen LogP contribution in [0.1, 0.15) is 13.8 Å². The Morgan fingerprint density at radius 2 is 1.62 bits per heavy atom. The minimum absolute atomic E-state index is 0.0115. The lowest BCUT2D eigenvalue weighted by atomic mass is 10.3. The maximum Gasteiger partial charge on any atom is 0.264 e. The molecule has 32 heavy (non-hydrogen) atoms. The van der Waals surface area contributed by atoms with Crippen LogP contribution in [0, 0.1) is 0 Å². The van der Waals surface area contributed by atoms with Crippen LogP contribution in [0.15, 0.2) is 83.8 Å². The number of nitrogens with zero attached hydrogens (tertiary/aromatic N) is 1. The fourth-order valence-corrected chi connectivity index (χ4v) is 4.48. The smallest absolute Gasteiger partial charge is 0.264 e. The van der Waals surface area contributed by atoms with Crippen molar-refractivity contribution in [2.45, 2.75) is 24.8 Å². The number of rotatable bonds is 9. The second kappa shape index (κ2) is 10.2. The molecule has 7 nitrogen and oxygen atoms in total. The molecule has 0 aliphatic rings. The maximum atomic E-state index is 13.3. The highest BCUT2D eigenvalue weighted by Gasteiger charge is 2.27. The number of hydrogen-bond acceptors (Lipinski definition) is 5. The van der Waals surface area contributed by atoms with Crippen LogP contribution >= 0.6 is 0 Å². The molecular formula is C24H26N2O5S. The van der Waals surface area contributed by atoms with Crippen molar-refractivity contribution in [3.63, 3.8) is 0 Å². The van der Waals surface area contributed by atoms with Crippen molar-refractivity contribution in [2.75, 3.05) is 23.3 Å². The van der Waals surface area contributed by atoms with Gasteiger partial charge in [0.25, 0.3) is 10.0 Å². The SMILES string of the molecule is COc1ccc(N(CC(=O)Nc2cccc(OC(C)C)c2)S(=O)(=O)c2ccccc2)cc1. The number of hydrogen-bond donors (Lipinski definition) is 1. The first-order chi connectivity index (χ1) is 15.3. The van der Waals surface area contributed by atoms with Crippen LogP contribution in [0.25, 0.3) is 0 Å². The van der Waals surface area contributed by atoms with E-state index in [4.69, 9.17) is 9.47 Å². The number of ether oxygens (including phenoxy) is 2. The van der Waals surface area contributed by atoms with E-state index in [1.807, 2.05) is 13.8 Å². The van der Waals surface area contributed by atoms with Crippen molar-refractivity contribution in [1.82, 2.24) is 0 Å². The van der Waals surface area contributed by atoms with Crippen molar-refractivity contribution in [2.24, 2.45) is 0 Å². The van der Waals surface area contributed by atoms with E-state index >= 15 is 0 Å². The van der Waals surface area contributed by atoms with Crippen LogP contribution in [0.2, 0.25) is 0 Å². The molecule has 8 heteroatoms. The molecule has 0 saturated carbocycles. The predicted octanol–water partition coefficient (Wildman–Crippen LogP) is 4.32. The molecule has 0 atom stereocenters. The van der Waals surface area contributed by atoms with Crippen molar-refractivity contribution in [3.05, 3.63) is 78.9 Å². The Hall–Kier alpha value is -3.52. The van der Waals surface area contributed by atoms with E-state index in [9.17, 15) is 13.2 Å². The zero-order chi connectivity index (χ0) is 23.1. The molecule has 168 valence electrons. The van der Waals surface area contributed by atoms with E-state index in [0.29, 0.717) is 22.9 Å². The first kappa shape index (κ1) is 23.1. The molecule has 0 fully saturated rings. The van der Waals surface area contributed by atoms with Crippen LogP contribution in [0.5, 0.6) is 11.5 Å². The second-order valence-corrected chi connectivity index (χ2v) is 9.13. The third kappa shape index (κ3) is 5.79. The topological polar surface area (TPSA) is 84.9 Å². The summed E-state index contributed by atoms with van der Waals surface area (Å²) in [6.45, 7) is 3.41. The Balaban J connectivity index is 1.88. The van der Waals surface area contributed by atoms with Crippen molar-refractivity contribution in [1.29, 1.82) is 0 Å². The molecule has 0 aliphatic carbocycles. The van der Waals surface area contributed by atoms with E-state index in [2.05, 4.69) is 5.32 Å². The molecule has 0 bridgehead atoms. The van der Waals surface area contributed by atoms with Crippen LogP contribution in [-0.2, 0) is 14.8 Å². The predicted molar refractivity (Wildman–Crippen MR) is 125 cm³/mol. The first-order valence-electron chi connectivity index (χ1n) is 10.1. The largest absolute Gasteiger partial charge is 0.497 e. The highest BCUT2D eigenvalue weighted by Crippen LogP contribution is 2.26. The van der Waals surface area contributed by atoms with Gasteiger partial charge in [-0.15, -0.1) is 0 Å². The van der Waals surface area contributed by atoms with Gasteiger partial charge in [0, 0.05) is 11.8 Å². The Morgan fingerprint density at radius 1 is 0.938 bits per heavy atom. The number of benzene rings is 3. The lowest BCUT2D eigenvalue weighted by molar-refractivity contribution is -0.114. The summed E-state index contributed by atoms with van der Waals surface area (Å²) in [7, 11) is -2.45. The summed E-state index contributed by atoms with van der Waals surface area (Å²) in [5.41, 5.74) is 0.863. The molecule has 3 rings (SSSR count). The summed E-state index contributed by atoms with van der Waals surface area (Å²) in [5, 5.41) is 2.75. The normalized spacial score (nSPS) is 11.1. The van der Waals surface area contributed by atoms with Gasteiger partial charge in [-0.1, -0.05) is 24.3 Å². The van der Waals surface area contributed by atoms with Gasteiger partial charge in [0.2, 0.25) is 5.91 Å². The van der Waals surface area contributed by atoms with Crippen LogP contribution < -0.4 is 19.1 Å². The summed E-state index contributed by atoms with van der Waals surface area (Å²) in [4.78, 5) is 12.9. The Labute approximate surface area is 188 Å². The molecule has 0 saturated heterocycles. The number of sulfonamides is 1. The summed E-state index contributed by atoms with van der Waals surface area (Å²) < 4.78 is 38.6. The number of carbonyl (C=O) groups is 1. The molecule has 1 N–H and O–H groups in total. The van der Waals surface area contributed by atoms with Crippen LogP contribution in [-0.4, -0.2) is 34.1 Å². The quantitative estimate of drug-likeness (QED) is 0.521. The van der Waals surface area contributed by atoms with Gasteiger partial charge in [0.05, 0.1) is 23.8 Å². The fraction of sp³-hybridized carbons (Fsp3) is 0.208. The number of anilines is 2. The Bertz CT molecular complexity index is 1150. The highest BCUT2D eigenvalue weighted by molar-refractivity contribution is 7.92. The minimum Gasteiger partial charge on any atom is -0.497 e. The summed E-state index contributed by atoms with van der Waals surface area (Å²) in [5.74, 6) is 0.709. The number of methoxy groups -OCH3 is 1. The van der Waals surface area contributed by atoms with E-state index in [-0.39, 0.29) is 11.0 Å². The van der Waals surface area contributed by atoms with E-state index in [1.165, 1.54) is 19.2 Å². The van der Waals surface area contributed by atoms with Crippen molar-refractivity contribution >= 4 is 27.3 Å². The number of amides is 1. The highest BCUT2D eigenvalue weighted by atomic mass is 32.2. The third-order valence-electron chi connectivity index (χ3n) is 4.47. The summed E-state index contributed by atoms with van der Waals surface area (Å²) in [6, 6.07) is 21.5. The van der Waals surface area contributed by atoms with Gasteiger partial charge in [-0.25, -0.2) is 8.42 Å². The molecule has 0 spiro atoms. The van der Waals surface area contributed by atoms with Gasteiger partial charge in [-0.05, 0) is 62.4 Å². The molecular weight excluding hydrogens is 428 g/mol. The fourth-order valence-electron chi connectivity index (χ4n) is 3.03. The molecule has 1 amide bonds. The molecule has 3 aromatic carbocycles. The lowest BCUT2D eigenvalue weighted by Gasteiger charge is -2.24. The molecule has 0 radical (unpaired) electrons. The summed E-state index contributed by atoms with van der Waals surface area (Å²) in [6.07, 6.45) is -0.0115. The Morgan fingerprint density at radius 3 is 2.25 bits per heavy atom. The van der Waals surface area contributed by atoms with Gasteiger partial charge in [-0.2, -0.15) is 0 Å². The van der Waals surface area contributed by atoms with Gasteiger partial charge in [0.1, 0.15) is 18.0 Å². The molecule has 0 unspecified atom stereocenters. The maximum absolute atomic E-state index is 13.3. The molecule has 0 heterocycles. The van der Waals surface area contributed by atoms with Gasteiger partial charge >= 0.3 is 0 Å². The Kier molecular flexibility index (Phi) is 7.37. The third-order valence-corrected chi connectivity index (χ3v) is 6.26. The van der Waals surface area contributed by atoms with Gasteiger partial charge in [-0.3, -0.25) is 9.10 Å². The standard InChI is InChI=1S/C24H26N2O5S/c1-18(2)31-22-9-7-8-19(16-22)25-24(27)17-26(20-12-14-21(30-3)15-13-20)32(28,29)23-10-5-4-6-11-23/h4-16,18H,17H2,1-3H3,(H,25,27). The zero-order valence-electron chi connectivity index (χ0n) is 18.2. The molecule has 0 aromatic heterocycles. The van der Waals surface area contributed by atoms with Gasteiger partial charge < -0.3 is 14.8 Å².